The van der Waals surface area contributed by atoms with E-state index in [1.807, 2.05) is 11.8 Å². The Bertz CT molecular complexity index is 467. The fourth-order valence-corrected chi connectivity index (χ4v) is 3.32. The second-order valence-electron chi connectivity index (χ2n) is 4.93. The van der Waals surface area contributed by atoms with Crippen LogP contribution < -0.4 is 11.1 Å². The lowest BCUT2D eigenvalue weighted by atomic mass is 9.94. The molecule has 0 spiro atoms. The van der Waals surface area contributed by atoms with Crippen molar-refractivity contribution in [1.82, 2.24) is 5.32 Å². The van der Waals surface area contributed by atoms with E-state index in [0.29, 0.717) is 10.8 Å². The maximum Gasteiger partial charge on any atom is 0.253 e. The first-order valence-corrected chi connectivity index (χ1v) is 7.77. The number of anilines is 1. The number of carbonyl (C=O) groups is 1. The van der Waals surface area contributed by atoms with Gasteiger partial charge in [0.1, 0.15) is 5.82 Å². The van der Waals surface area contributed by atoms with Crippen LogP contribution in [0.4, 0.5) is 10.1 Å². The molecule has 2 rings (SSSR count). The summed E-state index contributed by atoms with van der Waals surface area (Å²) < 4.78 is 13.0. The second kappa shape index (κ2) is 6.28. The Morgan fingerprint density at radius 3 is 2.95 bits per heavy atom. The molecule has 1 fully saturated rings. The monoisotopic (exact) mass is 282 g/mol. The van der Waals surface area contributed by atoms with Crippen LogP contribution in [0, 0.1) is 5.82 Å². The number of halogens is 1. The van der Waals surface area contributed by atoms with Crippen LogP contribution in [0.5, 0.6) is 0 Å². The quantitative estimate of drug-likeness (QED) is 0.838. The largest absolute Gasteiger partial charge is 0.398 e. The van der Waals surface area contributed by atoms with Gasteiger partial charge in [-0.25, -0.2) is 4.39 Å². The van der Waals surface area contributed by atoms with Gasteiger partial charge < -0.3 is 11.1 Å². The van der Waals surface area contributed by atoms with Crippen molar-refractivity contribution in [3.8, 4) is 0 Å². The molecule has 0 bridgehead atoms. The summed E-state index contributed by atoms with van der Waals surface area (Å²) in [5, 5.41) is 3.62. The minimum absolute atomic E-state index is 0.190. The number of benzene rings is 1. The Balaban J connectivity index is 2.00. The predicted molar refractivity (Wildman–Crippen MR) is 77.8 cm³/mol. The Hall–Kier alpha value is -1.23. The molecule has 0 aromatic heterocycles. The summed E-state index contributed by atoms with van der Waals surface area (Å²) in [6, 6.07) is 4.08. The summed E-state index contributed by atoms with van der Waals surface area (Å²) in [6.07, 6.45) is 6.45. The second-order valence-corrected chi connectivity index (χ2v) is 6.06. The minimum atomic E-state index is -0.422. The van der Waals surface area contributed by atoms with E-state index in [4.69, 9.17) is 5.73 Å². The van der Waals surface area contributed by atoms with E-state index in [-0.39, 0.29) is 17.6 Å². The van der Waals surface area contributed by atoms with Crippen LogP contribution in [0.1, 0.15) is 36.0 Å². The van der Waals surface area contributed by atoms with Gasteiger partial charge in [0.15, 0.2) is 0 Å². The van der Waals surface area contributed by atoms with Crippen molar-refractivity contribution in [2.75, 3.05) is 12.0 Å². The Labute approximate surface area is 117 Å². The van der Waals surface area contributed by atoms with E-state index in [9.17, 15) is 9.18 Å². The first-order chi connectivity index (χ1) is 9.10. The Kier molecular flexibility index (Phi) is 4.69. The lowest BCUT2D eigenvalue weighted by molar-refractivity contribution is 0.0929. The number of rotatable bonds is 3. The topological polar surface area (TPSA) is 55.1 Å². The molecule has 2 atom stereocenters. The molecule has 0 radical (unpaired) electrons. The summed E-state index contributed by atoms with van der Waals surface area (Å²) in [7, 11) is 0. The number of hydrogen-bond donors (Lipinski definition) is 2. The number of amides is 1. The van der Waals surface area contributed by atoms with Gasteiger partial charge >= 0.3 is 0 Å². The van der Waals surface area contributed by atoms with Crippen molar-refractivity contribution in [2.45, 2.75) is 37.0 Å². The fraction of sp³-hybridized carbons (Fsp3) is 0.500. The molecule has 1 saturated carbocycles. The zero-order valence-electron chi connectivity index (χ0n) is 11.0. The number of hydrogen-bond acceptors (Lipinski definition) is 3. The van der Waals surface area contributed by atoms with Gasteiger partial charge in [-0.2, -0.15) is 11.8 Å². The molecule has 0 heterocycles. The van der Waals surface area contributed by atoms with Gasteiger partial charge in [0, 0.05) is 17.0 Å². The van der Waals surface area contributed by atoms with Crippen LogP contribution in [0.15, 0.2) is 18.2 Å². The normalized spacial score (nSPS) is 23.1. The molecule has 1 aromatic carbocycles. The fourth-order valence-electron chi connectivity index (χ4n) is 2.49. The highest BCUT2D eigenvalue weighted by Gasteiger charge is 2.23. The van der Waals surface area contributed by atoms with Gasteiger partial charge in [-0.1, -0.05) is 6.42 Å². The molecule has 1 aliphatic carbocycles. The molecule has 2 unspecified atom stereocenters. The smallest absolute Gasteiger partial charge is 0.253 e. The third-order valence-electron chi connectivity index (χ3n) is 3.55. The van der Waals surface area contributed by atoms with Gasteiger partial charge in [0.2, 0.25) is 0 Å². The minimum Gasteiger partial charge on any atom is -0.398 e. The van der Waals surface area contributed by atoms with Crippen LogP contribution in [0.25, 0.3) is 0 Å². The highest BCUT2D eigenvalue weighted by atomic mass is 32.2. The van der Waals surface area contributed by atoms with Gasteiger partial charge in [-0.3, -0.25) is 4.79 Å². The number of nitrogens with one attached hydrogen (secondary N) is 1. The summed E-state index contributed by atoms with van der Waals surface area (Å²) in [4.78, 5) is 12.1. The third kappa shape index (κ3) is 3.62. The van der Waals surface area contributed by atoms with E-state index >= 15 is 0 Å². The van der Waals surface area contributed by atoms with Gasteiger partial charge in [-0.05, 0) is 43.7 Å². The molecule has 0 aliphatic heterocycles. The molecular formula is C14H19FN2OS. The first-order valence-electron chi connectivity index (χ1n) is 6.49. The molecule has 3 N–H and O–H groups in total. The van der Waals surface area contributed by atoms with Crippen molar-refractivity contribution in [1.29, 1.82) is 0 Å². The Morgan fingerprint density at radius 2 is 2.26 bits per heavy atom. The van der Waals surface area contributed by atoms with E-state index in [2.05, 4.69) is 11.6 Å². The lowest BCUT2D eigenvalue weighted by Crippen LogP contribution is -2.39. The molecule has 1 aliphatic rings. The number of nitrogen functional groups attached to an aromatic ring is 1. The van der Waals surface area contributed by atoms with E-state index in [0.717, 1.165) is 19.3 Å². The molecule has 0 saturated heterocycles. The summed E-state index contributed by atoms with van der Waals surface area (Å²) in [5.41, 5.74) is 6.22. The molecule has 1 amide bonds. The molecule has 5 heteroatoms. The zero-order valence-corrected chi connectivity index (χ0v) is 11.8. The third-order valence-corrected chi connectivity index (χ3v) is 4.65. The standard InChI is InChI=1S/C14H19FN2OS/c1-19-11-4-2-3-10(8-11)17-14(18)12-6-5-9(15)7-13(12)16/h5-7,10-11H,2-4,8,16H2,1H3,(H,17,18). The maximum absolute atomic E-state index is 13.0. The van der Waals surface area contributed by atoms with Crippen molar-refractivity contribution >= 4 is 23.4 Å². The van der Waals surface area contributed by atoms with Crippen LogP contribution in [-0.4, -0.2) is 23.5 Å². The summed E-state index contributed by atoms with van der Waals surface area (Å²) in [5.74, 6) is -0.626. The van der Waals surface area contributed by atoms with E-state index in [1.54, 1.807) is 0 Å². The van der Waals surface area contributed by atoms with Crippen LogP contribution in [-0.2, 0) is 0 Å². The lowest BCUT2D eigenvalue weighted by Gasteiger charge is -2.28. The average molecular weight is 282 g/mol. The van der Waals surface area contributed by atoms with Crippen molar-refractivity contribution in [2.24, 2.45) is 0 Å². The van der Waals surface area contributed by atoms with Crippen molar-refractivity contribution in [3.63, 3.8) is 0 Å². The van der Waals surface area contributed by atoms with Gasteiger partial charge in [0.05, 0.1) is 5.56 Å². The molecule has 104 valence electrons. The molecular weight excluding hydrogens is 263 g/mol. The van der Waals surface area contributed by atoms with E-state index < -0.39 is 5.82 Å². The molecule has 3 nitrogen and oxygen atoms in total. The van der Waals surface area contributed by atoms with Gasteiger partial charge in [0.25, 0.3) is 5.91 Å². The predicted octanol–water partition coefficient (Wildman–Crippen LogP) is 2.81. The van der Waals surface area contributed by atoms with Crippen LogP contribution in [0.3, 0.4) is 0 Å². The SMILES string of the molecule is CSC1CCCC(NC(=O)c2ccc(F)cc2N)C1. The summed E-state index contributed by atoms with van der Waals surface area (Å²) >= 11 is 1.85. The number of nitrogens with two attached hydrogens (primary N) is 1. The highest BCUT2D eigenvalue weighted by Crippen LogP contribution is 2.27. The Morgan fingerprint density at radius 1 is 1.47 bits per heavy atom. The van der Waals surface area contributed by atoms with Crippen molar-refractivity contribution in [3.05, 3.63) is 29.6 Å². The number of carbonyl (C=O) groups excluding carboxylic acids is 1. The summed E-state index contributed by atoms with van der Waals surface area (Å²) in [6.45, 7) is 0. The van der Waals surface area contributed by atoms with Crippen LogP contribution >= 0.6 is 11.8 Å². The maximum atomic E-state index is 13.0. The molecule has 1 aromatic rings. The number of thioether (sulfide) groups is 1. The first kappa shape index (κ1) is 14.2. The average Bonchev–Trinajstić information content (AvgIpc) is 2.38. The molecule has 19 heavy (non-hydrogen) atoms. The van der Waals surface area contributed by atoms with Crippen LogP contribution in [0.2, 0.25) is 0 Å². The zero-order chi connectivity index (χ0) is 13.8. The highest BCUT2D eigenvalue weighted by molar-refractivity contribution is 7.99. The van der Waals surface area contributed by atoms with Crippen molar-refractivity contribution < 1.29 is 9.18 Å². The van der Waals surface area contributed by atoms with Gasteiger partial charge in [-0.15, -0.1) is 0 Å². The van der Waals surface area contributed by atoms with E-state index in [1.165, 1.54) is 24.6 Å².